The number of amides is 1. The third kappa shape index (κ3) is 5.61. The number of aromatic amines is 1. The molecule has 1 aromatic rings. The summed E-state index contributed by atoms with van der Waals surface area (Å²) in [6.45, 7) is 2.87. The summed E-state index contributed by atoms with van der Waals surface area (Å²) in [5, 5.41) is 7.12. The number of nitrogens with zero attached hydrogens (tertiary/aromatic N) is 2. The van der Waals surface area contributed by atoms with Gasteiger partial charge in [-0.3, -0.25) is 4.90 Å². The van der Waals surface area contributed by atoms with Crippen LogP contribution in [0.5, 0.6) is 0 Å². The normalized spacial score (nSPS) is 19.9. The van der Waals surface area contributed by atoms with Crippen molar-refractivity contribution in [1.29, 1.82) is 0 Å². The first kappa shape index (κ1) is 21.0. The number of hydrogen-bond donors (Lipinski definition) is 2. The van der Waals surface area contributed by atoms with E-state index in [1.807, 2.05) is 4.90 Å². The monoisotopic (exact) mass is 391 g/mol. The van der Waals surface area contributed by atoms with Crippen molar-refractivity contribution >= 4 is 12.1 Å². The number of rotatable bonds is 3. The molecule has 0 radical (unpaired) electrons. The molecular weight excluding hydrogens is 367 g/mol. The minimum atomic E-state index is -5.08. The fourth-order valence-electron chi connectivity index (χ4n) is 3.36. The molecule has 1 fully saturated rings. The maximum Gasteiger partial charge on any atom is 0.490 e. The highest BCUT2D eigenvalue weighted by molar-refractivity contribution is 5.73. The first-order chi connectivity index (χ1) is 12.7. The lowest BCUT2D eigenvalue weighted by Gasteiger charge is -2.34. The molecule has 0 bridgehead atoms. The predicted molar refractivity (Wildman–Crippen MR) is 89.1 cm³/mol. The first-order valence-corrected chi connectivity index (χ1v) is 9.03. The second-order valence-corrected chi connectivity index (χ2v) is 6.61. The standard InChI is InChI=1S/C15H23N3O2.C2HF3O2/c1-2-5-13-14-12(16-10-17-14)8-9-18(13)15(19)20-11-6-3-4-7-11;3-2(4,5)1(6)7/h10-11,13H,2-9H2,1H3,(H,16,17);(H,6,7). The predicted octanol–water partition coefficient (Wildman–Crippen LogP) is 3.82. The minimum Gasteiger partial charge on any atom is -0.475 e. The van der Waals surface area contributed by atoms with Crippen LogP contribution in [0, 0.1) is 0 Å². The number of ether oxygens (including phenoxy) is 1. The Morgan fingerprint density at radius 2 is 2.00 bits per heavy atom. The van der Waals surface area contributed by atoms with E-state index in [4.69, 9.17) is 14.6 Å². The SMILES string of the molecule is CCCC1c2nc[nH]c2CCN1C(=O)OC1CCCC1.O=C(O)C(F)(F)F. The average Bonchev–Trinajstić information content (AvgIpc) is 3.26. The Kier molecular flexibility index (Phi) is 7.09. The number of nitrogens with one attached hydrogen (secondary N) is 1. The van der Waals surface area contributed by atoms with E-state index in [0.717, 1.165) is 44.3 Å². The number of carboxylic acid groups (broad SMARTS) is 1. The van der Waals surface area contributed by atoms with Gasteiger partial charge in [0.1, 0.15) is 6.10 Å². The lowest BCUT2D eigenvalue weighted by Crippen LogP contribution is -2.41. The number of carboxylic acids is 1. The number of aliphatic carboxylic acids is 1. The Labute approximate surface area is 154 Å². The van der Waals surface area contributed by atoms with E-state index in [0.29, 0.717) is 0 Å². The highest BCUT2D eigenvalue weighted by Gasteiger charge is 2.38. The molecule has 2 N–H and O–H groups in total. The Balaban J connectivity index is 0.000000321. The van der Waals surface area contributed by atoms with Gasteiger partial charge in [-0.1, -0.05) is 13.3 Å². The second kappa shape index (κ2) is 9.09. The average molecular weight is 391 g/mol. The highest BCUT2D eigenvalue weighted by Crippen LogP contribution is 2.32. The largest absolute Gasteiger partial charge is 0.490 e. The third-order valence-electron chi connectivity index (χ3n) is 4.65. The molecule has 10 heteroatoms. The molecule has 1 aliphatic heterocycles. The zero-order chi connectivity index (χ0) is 20.0. The third-order valence-corrected chi connectivity index (χ3v) is 4.65. The smallest absolute Gasteiger partial charge is 0.475 e. The molecule has 1 atom stereocenters. The highest BCUT2D eigenvalue weighted by atomic mass is 19.4. The summed E-state index contributed by atoms with van der Waals surface area (Å²) < 4.78 is 37.4. The molecule has 3 rings (SSSR count). The van der Waals surface area contributed by atoms with Gasteiger partial charge < -0.3 is 14.8 Å². The van der Waals surface area contributed by atoms with Gasteiger partial charge in [-0.05, 0) is 32.1 Å². The molecule has 152 valence electrons. The van der Waals surface area contributed by atoms with Crippen molar-refractivity contribution in [2.75, 3.05) is 6.54 Å². The van der Waals surface area contributed by atoms with Crippen LogP contribution in [-0.4, -0.2) is 50.9 Å². The summed E-state index contributed by atoms with van der Waals surface area (Å²) in [7, 11) is 0. The number of carbonyl (C=O) groups excluding carboxylic acids is 1. The zero-order valence-corrected chi connectivity index (χ0v) is 15.1. The number of carbonyl (C=O) groups is 2. The van der Waals surface area contributed by atoms with E-state index in [2.05, 4.69) is 16.9 Å². The molecule has 1 saturated carbocycles. The molecule has 0 spiro atoms. The van der Waals surface area contributed by atoms with Crippen LogP contribution in [-0.2, 0) is 16.0 Å². The fourth-order valence-corrected chi connectivity index (χ4v) is 3.36. The Bertz CT molecular complexity index is 642. The maximum absolute atomic E-state index is 12.4. The van der Waals surface area contributed by atoms with Crippen LogP contribution in [0.3, 0.4) is 0 Å². The maximum atomic E-state index is 12.4. The van der Waals surface area contributed by atoms with Crippen LogP contribution in [0.25, 0.3) is 0 Å². The lowest BCUT2D eigenvalue weighted by atomic mass is 9.99. The van der Waals surface area contributed by atoms with Crippen molar-refractivity contribution in [3.8, 4) is 0 Å². The van der Waals surface area contributed by atoms with Gasteiger partial charge in [-0.25, -0.2) is 14.6 Å². The quantitative estimate of drug-likeness (QED) is 0.817. The Morgan fingerprint density at radius 3 is 2.56 bits per heavy atom. The number of fused-ring (bicyclic) bond motifs is 1. The summed E-state index contributed by atoms with van der Waals surface area (Å²) >= 11 is 0. The molecule has 7 nitrogen and oxygen atoms in total. The van der Waals surface area contributed by atoms with E-state index < -0.39 is 12.1 Å². The van der Waals surface area contributed by atoms with Gasteiger partial charge in [0, 0.05) is 18.7 Å². The molecular formula is C17H24F3N3O4. The van der Waals surface area contributed by atoms with Crippen LogP contribution < -0.4 is 0 Å². The van der Waals surface area contributed by atoms with Crippen molar-refractivity contribution in [2.45, 2.75) is 70.2 Å². The van der Waals surface area contributed by atoms with Gasteiger partial charge in [0.2, 0.25) is 0 Å². The molecule has 27 heavy (non-hydrogen) atoms. The van der Waals surface area contributed by atoms with Gasteiger partial charge in [-0.2, -0.15) is 13.2 Å². The number of halogens is 3. The Hall–Kier alpha value is -2.26. The molecule has 1 unspecified atom stereocenters. The molecule has 0 aromatic carbocycles. The summed E-state index contributed by atoms with van der Waals surface area (Å²) in [4.78, 5) is 30.8. The second-order valence-electron chi connectivity index (χ2n) is 6.61. The Morgan fingerprint density at radius 1 is 1.37 bits per heavy atom. The van der Waals surface area contributed by atoms with E-state index in [-0.39, 0.29) is 18.2 Å². The number of hydrogen-bond acceptors (Lipinski definition) is 4. The van der Waals surface area contributed by atoms with Crippen molar-refractivity contribution in [2.24, 2.45) is 0 Å². The summed E-state index contributed by atoms with van der Waals surface area (Å²) in [5.74, 6) is -2.76. The summed E-state index contributed by atoms with van der Waals surface area (Å²) in [6.07, 6.45) is 3.85. The van der Waals surface area contributed by atoms with Gasteiger partial charge >= 0.3 is 18.2 Å². The summed E-state index contributed by atoms with van der Waals surface area (Å²) in [5.41, 5.74) is 2.20. The fraction of sp³-hybridized carbons (Fsp3) is 0.706. The van der Waals surface area contributed by atoms with Gasteiger partial charge in [0.15, 0.2) is 0 Å². The molecule has 1 amide bonds. The van der Waals surface area contributed by atoms with Crippen LogP contribution >= 0.6 is 0 Å². The van der Waals surface area contributed by atoms with E-state index in [1.54, 1.807) is 6.33 Å². The van der Waals surface area contributed by atoms with E-state index >= 15 is 0 Å². The number of aromatic nitrogens is 2. The number of imidazole rings is 1. The number of H-pyrrole nitrogens is 1. The van der Waals surface area contributed by atoms with E-state index in [9.17, 15) is 18.0 Å². The topological polar surface area (TPSA) is 95.5 Å². The van der Waals surface area contributed by atoms with Crippen molar-refractivity contribution in [3.05, 3.63) is 17.7 Å². The zero-order valence-electron chi connectivity index (χ0n) is 15.1. The van der Waals surface area contributed by atoms with Crippen LogP contribution in [0.1, 0.15) is 62.9 Å². The van der Waals surface area contributed by atoms with Gasteiger partial charge in [-0.15, -0.1) is 0 Å². The molecule has 1 aromatic heterocycles. The molecule has 1 aliphatic carbocycles. The molecule has 0 saturated heterocycles. The van der Waals surface area contributed by atoms with Crippen molar-refractivity contribution in [3.63, 3.8) is 0 Å². The minimum absolute atomic E-state index is 0.0731. The lowest BCUT2D eigenvalue weighted by molar-refractivity contribution is -0.192. The van der Waals surface area contributed by atoms with Gasteiger partial charge in [0.25, 0.3) is 0 Å². The molecule has 2 heterocycles. The molecule has 2 aliphatic rings. The first-order valence-electron chi connectivity index (χ1n) is 9.03. The summed E-state index contributed by atoms with van der Waals surface area (Å²) in [6, 6.07) is 0.0731. The van der Waals surface area contributed by atoms with Gasteiger partial charge in [0.05, 0.1) is 18.1 Å². The van der Waals surface area contributed by atoms with E-state index in [1.165, 1.54) is 18.5 Å². The van der Waals surface area contributed by atoms with Crippen LogP contribution in [0.4, 0.5) is 18.0 Å². The van der Waals surface area contributed by atoms with Crippen molar-refractivity contribution < 1.29 is 32.6 Å². The number of alkyl halides is 3. The van der Waals surface area contributed by atoms with Crippen LogP contribution in [0.2, 0.25) is 0 Å². The van der Waals surface area contributed by atoms with Crippen LogP contribution in [0.15, 0.2) is 6.33 Å². The van der Waals surface area contributed by atoms with Crippen molar-refractivity contribution in [1.82, 2.24) is 14.9 Å².